The number of hydrogen-bond acceptors (Lipinski definition) is 5. The first-order valence-corrected chi connectivity index (χ1v) is 11.3. The number of carbonyl (C=O) groups is 1. The van der Waals surface area contributed by atoms with Gasteiger partial charge in [0, 0.05) is 6.54 Å². The van der Waals surface area contributed by atoms with E-state index in [1.807, 2.05) is 31.2 Å². The molecule has 1 aromatic heterocycles. The molecule has 1 amide bonds. The van der Waals surface area contributed by atoms with Crippen LogP contribution < -0.4 is 14.9 Å². The molecule has 0 spiro atoms. The molecule has 7 heteroatoms. The van der Waals surface area contributed by atoms with Crippen LogP contribution >= 0.6 is 0 Å². The first-order valence-electron chi connectivity index (χ1n) is 11.3. The van der Waals surface area contributed by atoms with Crippen molar-refractivity contribution in [2.24, 2.45) is 0 Å². The van der Waals surface area contributed by atoms with E-state index in [0.717, 1.165) is 11.1 Å². The van der Waals surface area contributed by atoms with Gasteiger partial charge in [-0.2, -0.15) is 0 Å². The number of methoxy groups -OCH3 is 2. The molecule has 1 aliphatic rings. The molecule has 35 heavy (non-hydrogen) atoms. The summed E-state index contributed by atoms with van der Waals surface area (Å²) < 4.78 is 30.4. The normalized spacial score (nSPS) is 14.9. The van der Waals surface area contributed by atoms with Crippen LogP contribution in [0.15, 0.2) is 69.9 Å². The predicted octanol–water partition coefficient (Wildman–Crippen LogP) is 5.05. The van der Waals surface area contributed by atoms with E-state index < -0.39 is 11.9 Å². The zero-order chi connectivity index (χ0) is 24.7. The summed E-state index contributed by atoms with van der Waals surface area (Å²) in [6, 6.07) is 16.1. The molecule has 6 nitrogen and oxygen atoms in total. The van der Waals surface area contributed by atoms with Gasteiger partial charge in [-0.1, -0.05) is 29.8 Å². The van der Waals surface area contributed by atoms with E-state index in [1.165, 1.54) is 12.1 Å². The SMILES string of the molecule is COc1ccc(CCN2C(=O)c3oc4ccc(C)cc4c(=O)c3[C@H]2c2ccc(F)cc2)cc1OC. The number of hydrogen-bond donors (Lipinski definition) is 0. The predicted molar refractivity (Wildman–Crippen MR) is 130 cm³/mol. The molecule has 0 radical (unpaired) electrons. The van der Waals surface area contributed by atoms with E-state index in [4.69, 9.17) is 13.9 Å². The largest absolute Gasteiger partial charge is 0.493 e. The molecule has 0 saturated heterocycles. The Morgan fingerprint density at radius 2 is 1.69 bits per heavy atom. The molecule has 0 aliphatic carbocycles. The first-order chi connectivity index (χ1) is 16.9. The van der Waals surface area contributed by atoms with Gasteiger partial charge in [0.15, 0.2) is 16.9 Å². The zero-order valence-electron chi connectivity index (χ0n) is 19.6. The van der Waals surface area contributed by atoms with Crippen molar-refractivity contribution in [3.8, 4) is 11.5 Å². The summed E-state index contributed by atoms with van der Waals surface area (Å²) in [4.78, 5) is 28.7. The Morgan fingerprint density at radius 1 is 0.943 bits per heavy atom. The maximum atomic E-state index is 13.7. The number of nitrogens with zero attached hydrogens (tertiary/aromatic N) is 1. The molecule has 1 aliphatic heterocycles. The summed E-state index contributed by atoms with van der Waals surface area (Å²) in [5.74, 6) is 0.482. The third kappa shape index (κ3) is 3.93. The van der Waals surface area contributed by atoms with Crippen molar-refractivity contribution in [1.29, 1.82) is 0 Å². The molecular weight excluding hydrogens is 449 g/mol. The minimum absolute atomic E-state index is 0.0352. The van der Waals surface area contributed by atoms with Crippen molar-refractivity contribution < 1.29 is 23.1 Å². The fourth-order valence-corrected chi connectivity index (χ4v) is 4.64. The summed E-state index contributed by atoms with van der Waals surface area (Å²) in [7, 11) is 3.14. The van der Waals surface area contributed by atoms with Crippen molar-refractivity contribution in [3.63, 3.8) is 0 Å². The summed E-state index contributed by atoms with van der Waals surface area (Å²) in [6.45, 7) is 2.21. The molecule has 0 saturated carbocycles. The topological polar surface area (TPSA) is 69.0 Å². The van der Waals surface area contributed by atoms with Crippen molar-refractivity contribution in [2.45, 2.75) is 19.4 Å². The van der Waals surface area contributed by atoms with E-state index in [2.05, 4.69) is 0 Å². The van der Waals surface area contributed by atoms with E-state index in [1.54, 1.807) is 43.4 Å². The summed E-state index contributed by atoms with van der Waals surface area (Å²) in [6.07, 6.45) is 0.505. The minimum atomic E-state index is -0.681. The maximum absolute atomic E-state index is 13.7. The van der Waals surface area contributed by atoms with Gasteiger partial charge in [0.2, 0.25) is 5.76 Å². The molecule has 5 rings (SSSR count). The molecule has 0 bridgehead atoms. The van der Waals surface area contributed by atoms with Crippen LogP contribution in [0.3, 0.4) is 0 Å². The minimum Gasteiger partial charge on any atom is -0.493 e. The van der Waals surface area contributed by atoms with Crippen molar-refractivity contribution in [1.82, 2.24) is 4.90 Å². The molecule has 3 aromatic carbocycles. The lowest BCUT2D eigenvalue weighted by atomic mass is 9.98. The van der Waals surface area contributed by atoms with Crippen LogP contribution in [0.4, 0.5) is 4.39 Å². The van der Waals surface area contributed by atoms with Crippen LogP contribution in [0.25, 0.3) is 11.0 Å². The standard InChI is InChI=1S/C28H24FNO5/c1-16-4-10-21-20(14-16)26(31)24-25(18-6-8-19(29)9-7-18)30(28(32)27(24)35-21)13-12-17-5-11-22(33-2)23(15-17)34-3/h4-11,14-15,25H,12-13H2,1-3H3/t25-/m1/s1. The highest BCUT2D eigenvalue weighted by Gasteiger charge is 2.42. The van der Waals surface area contributed by atoms with Gasteiger partial charge in [-0.15, -0.1) is 0 Å². The van der Waals surface area contributed by atoms with Crippen LogP contribution in [0.5, 0.6) is 11.5 Å². The van der Waals surface area contributed by atoms with E-state index in [9.17, 15) is 14.0 Å². The van der Waals surface area contributed by atoms with Crippen molar-refractivity contribution >= 4 is 16.9 Å². The monoisotopic (exact) mass is 473 g/mol. The highest BCUT2D eigenvalue weighted by atomic mass is 19.1. The molecule has 0 fully saturated rings. The van der Waals surface area contributed by atoms with E-state index in [-0.39, 0.29) is 22.7 Å². The molecule has 1 atom stereocenters. The third-order valence-corrected chi connectivity index (χ3v) is 6.40. The van der Waals surface area contributed by atoms with Gasteiger partial charge in [-0.3, -0.25) is 9.59 Å². The second-order valence-corrected chi connectivity index (χ2v) is 8.57. The number of fused-ring (bicyclic) bond motifs is 2. The van der Waals surface area contributed by atoms with Crippen LogP contribution in [0.1, 0.15) is 38.9 Å². The van der Waals surface area contributed by atoms with Gasteiger partial charge in [-0.05, 0) is 60.9 Å². The Kier molecular flexibility index (Phi) is 5.76. The highest BCUT2D eigenvalue weighted by molar-refractivity contribution is 5.99. The average molecular weight is 474 g/mol. The van der Waals surface area contributed by atoms with Gasteiger partial charge in [0.1, 0.15) is 11.4 Å². The number of halogens is 1. The third-order valence-electron chi connectivity index (χ3n) is 6.40. The van der Waals surface area contributed by atoms with E-state index in [0.29, 0.717) is 41.0 Å². The quantitative estimate of drug-likeness (QED) is 0.392. The lowest BCUT2D eigenvalue weighted by Crippen LogP contribution is -2.31. The highest BCUT2D eigenvalue weighted by Crippen LogP contribution is 2.38. The Balaban J connectivity index is 1.58. The van der Waals surface area contributed by atoms with Crippen LogP contribution in [0.2, 0.25) is 0 Å². The lowest BCUT2D eigenvalue weighted by Gasteiger charge is -2.25. The van der Waals surface area contributed by atoms with Gasteiger partial charge < -0.3 is 18.8 Å². The first kappa shape index (κ1) is 22.7. The lowest BCUT2D eigenvalue weighted by molar-refractivity contribution is 0.0730. The second kappa shape index (κ2) is 8.91. The Hall–Kier alpha value is -4.13. The molecule has 0 unspecified atom stereocenters. The molecule has 178 valence electrons. The number of ether oxygens (including phenoxy) is 2. The smallest absolute Gasteiger partial charge is 0.290 e. The van der Waals surface area contributed by atoms with Crippen LogP contribution in [0, 0.1) is 12.7 Å². The summed E-state index contributed by atoms with van der Waals surface area (Å²) in [5.41, 5.74) is 2.90. The fraction of sp³-hybridized carbons (Fsp3) is 0.214. The fourth-order valence-electron chi connectivity index (χ4n) is 4.64. The molecule has 0 N–H and O–H groups in total. The van der Waals surface area contributed by atoms with Gasteiger partial charge in [0.05, 0.1) is 31.2 Å². The Bertz CT molecular complexity index is 1490. The van der Waals surface area contributed by atoms with E-state index >= 15 is 0 Å². The Morgan fingerprint density at radius 3 is 2.40 bits per heavy atom. The number of amides is 1. The second-order valence-electron chi connectivity index (χ2n) is 8.57. The number of benzene rings is 3. The van der Waals surface area contributed by atoms with Gasteiger partial charge >= 0.3 is 0 Å². The van der Waals surface area contributed by atoms with Crippen molar-refractivity contribution in [2.75, 3.05) is 20.8 Å². The number of rotatable bonds is 6. The van der Waals surface area contributed by atoms with Crippen LogP contribution in [-0.2, 0) is 6.42 Å². The number of aryl methyl sites for hydroxylation is 1. The van der Waals surface area contributed by atoms with Gasteiger partial charge in [0.25, 0.3) is 5.91 Å². The average Bonchev–Trinajstić information content (AvgIpc) is 3.15. The molecule has 4 aromatic rings. The summed E-state index contributed by atoms with van der Waals surface area (Å²) >= 11 is 0. The Labute approximate surface area is 201 Å². The maximum Gasteiger partial charge on any atom is 0.290 e. The number of carbonyl (C=O) groups excluding carboxylic acids is 1. The molecular formula is C28H24FNO5. The van der Waals surface area contributed by atoms with Crippen LogP contribution in [-0.4, -0.2) is 31.6 Å². The zero-order valence-corrected chi connectivity index (χ0v) is 19.6. The summed E-state index contributed by atoms with van der Waals surface area (Å²) in [5, 5.41) is 0.422. The molecule has 2 heterocycles. The van der Waals surface area contributed by atoms with Crippen molar-refractivity contribution in [3.05, 3.63) is 105 Å². The van der Waals surface area contributed by atoms with Gasteiger partial charge in [-0.25, -0.2) is 4.39 Å².